The number of allylic oxidation sites excluding steroid dienone is 1. The Bertz CT molecular complexity index is 567. The Balaban J connectivity index is 2.55. The fourth-order valence-electron chi connectivity index (χ4n) is 1.60. The summed E-state index contributed by atoms with van der Waals surface area (Å²) >= 11 is 0. The van der Waals surface area contributed by atoms with Crippen LogP contribution in [-0.4, -0.2) is 32.3 Å². The van der Waals surface area contributed by atoms with Crippen molar-refractivity contribution in [2.75, 3.05) is 14.2 Å². The molecule has 1 N–H and O–H groups in total. The molecule has 124 valence electrons. The van der Waals surface area contributed by atoms with E-state index in [1.54, 1.807) is 12.1 Å². The molecular weight excluding hydrogens is 302 g/mol. The molecule has 0 aliphatic heterocycles. The van der Waals surface area contributed by atoms with Crippen LogP contribution in [0.5, 0.6) is 0 Å². The lowest BCUT2D eigenvalue weighted by Crippen LogP contribution is -2.28. The summed E-state index contributed by atoms with van der Waals surface area (Å²) in [4.78, 5) is 34.4. The minimum atomic E-state index is -0.788. The van der Waals surface area contributed by atoms with Crippen molar-refractivity contribution >= 4 is 18.0 Å². The van der Waals surface area contributed by atoms with E-state index in [-0.39, 0.29) is 25.1 Å². The number of hydrogen-bond acceptors (Lipinski definition) is 6. The summed E-state index contributed by atoms with van der Waals surface area (Å²) in [5, 5.41) is 2.30. The van der Waals surface area contributed by atoms with Gasteiger partial charge in [-0.25, -0.2) is 9.59 Å². The van der Waals surface area contributed by atoms with E-state index in [9.17, 15) is 14.4 Å². The quantitative estimate of drug-likeness (QED) is 0.469. The molecule has 0 atom stereocenters. The Morgan fingerprint density at radius 2 is 1.78 bits per heavy atom. The molecule has 0 bridgehead atoms. The van der Waals surface area contributed by atoms with Gasteiger partial charge in [0.25, 0.3) is 0 Å². The zero-order valence-electron chi connectivity index (χ0n) is 13.0. The second-order valence-corrected chi connectivity index (χ2v) is 4.41. The highest BCUT2D eigenvalue weighted by Gasteiger charge is 2.14. The number of amides is 1. The maximum Gasteiger partial charge on any atom is 0.412 e. The van der Waals surface area contributed by atoms with Gasteiger partial charge in [-0.1, -0.05) is 36.4 Å². The molecule has 0 unspecified atom stereocenters. The van der Waals surface area contributed by atoms with Crippen LogP contribution in [0.15, 0.2) is 42.1 Å². The van der Waals surface area contributed by atoms with Gasteiger partial charge in [0.1, 0.15) is 12.3 Å². The highest BCUT2D eigenvalue weighted by molar-refractivity contribution is 5.92. The van der Waals surface area contributed by atoms with Crippen molar-refractivity contribution in [3.63, 3.8) is 0 Å². The summed E-state index contributed by atoms with van der Waals surface area (Å²) in [6, 6.07) is 9.11. The lowest BCUT2D eigenvalue weighted by molar-refractivity contribution is -0.140. The molecule has 0 spiro atoms. The molecule has 0 saturated heterocycles. The maximum atomic E-state index is 11.7. The van der Waals surface area contributed by atoms with Crippen molar-refractivity contribution < 1.29 is 28.6 Å². The molecule has 0 aromatic heterocycles. The summed E-state index contributed by atoms with van der Waals surface area (Å²) < 4.78 is 14.1. The minimum Gasteiger partial charge on any atom is -0.469 e. The molecule has 0 fully saturated rings. The number of ether oxygens (including phenoxy) is 3. The number of carbonyl (C=O) groups is 3. The van der Waals surface area contributed by atoms with Crippen molar-refractivity contribution in [1.82, 2.24) is 5.32 Å². The van der Waals surface area contributed by atoms with Crippen LogP contribution >= 0.6 is 0 Å². The van der Waals surface area contributed by atoms with Gasteiger partial charge in [0.05, 0.1) is 14.2 Å². The lowest BCUT2D eigenvalue weighted by atomic mass is 10.2. The van der Waals surface area contributed by atoms with Gasteiger partial charge in [-0.2, -0.15) is 0 Å². The normalized spacial score (nSPS) is 10.6. The van der Waals surface area contributed by atoms with E-state index in [0.29, 0.717) is 0 Å². The first-order chi connectivity index (χ1) is 11.1. The highest BCUT2D eigenvalue weighted by atomic mass is 16.6. The van der Waals surface area contributed by atoms with Crippen LogP contribution in [0, 0.1) is 0 Å². The Kier molecular flexibility index (Phi) is 7.91. The van der Waals surface area contributed by atoms with Crippen LogP contribution in [0.4, 0.5) is 4.79 Å². The predicted molar refractivity (Wildman–Crippen MR) is 81.1 cm³/mol. The SMILES string of the molecule is COC(=O)CC/C=C(/NC(=O)OCc1ccccc1)C(=O)OC. The number of carbonyl (C=O) groups excluding carboxylic acids is 3. The van der Waals surface area contributed by atoms with E-state index in [1.165, 1.54) is 20.3 Å². The Morgan fingerprint density at radius 1 is 1.09 bits per heavy atom. The predicted octanol–water partition coefficient (Wildman–Crippen LogP) is 1.92. The van der Waals surface area contributed by atoms with Crippen molar-refractivity contribution in [1.29, 1.82) is 0 Å². The number of alkyl carbamates (subject to hydrolysis) is 1. The number of rotatable bonds is 7. The van der Waals surface area contributed by atoms with Crippen molar-refractivity contribution in [3.05, 3.63) is 47.7 Å². The van der Waals surface area contributed by atoms with Gasteiger partial charge in [-0.3, -0.25) is 10.1 Å². The van der Waals surface area contributed by atoms with Crippen molar-refractivity contribution in [2.45, 2.75) is 19.4 Å². The van der Waals surface area contributed by atoms with Crippen LogP contribution in [0.3, 0.4) is 0 Å². The molecular formula is C16H19NO6. The molecule has 0 radical (unpaired) electrons. The van der Waals surface area contributed by atoms with E-state index in [1.807, 2.05) is 18.2 Å². The molecule has 0 heterocycles. The minimum absolute atomic E-state index is 0.0727. The standard InChI is InChI=1S/C16H19NO6/c1-21-14(18)10-6-9-13(15(19)22-2)17-16(20)23-11-12-7-4-3-5-8-12/h3-5,7-9H,6,10-11H2,1-2H3,(H,17,20)/b13-9+. The number of benzene rings is 1. The largest absolute Gasteiger partial charge is 0.469 e. The van der Waals surface area contributed by atoms with Gasteiger partial charge >= 0.3 is 18.0 Å². The molecule has 7 heteroatoms. The highest BCUT2D eigenvalue weighted by Crippen LogP contribution is 2.03. The maximum absolute atomic E-state index is 11.7. The summed E-state index contributed by atoms with van der Waals surface area (Å²) in [5.41, 5.74) is 0.728. The molecule has 0 aliphatic rings. The summed E-state index contributed by atoms with van der Waals surface area (Å²) in [5.74, 6) is -1.15. The third-order valence-electron chi connectivity index (χ3n) is 2.78. The second kappa shape index (κ2) is 9.99. The third kappa shape index (κ3) is 7.12. The fraction of sp³-hybridized carbons (Fsp3) is 0.312. The van der Waals surface area contributed by atoms with E-state index in [4.69, 9.17) is 4.74 Å². The van der Waals surface area contributed by atoms with Crippen LogP contribution in [-0.2, 0) is 30.4 Å². The van der Waals surface area contributed by atoms with Gasteiger partial charge in [-0.05, 0) is 12.0 Å². The molecule has 1 amide bonds. The van der Waals surface area contributed by atoms with Crippen LogP contribution in [0.25, 0.3) is 0 Å². The molecule has 1 aromatic rings. The molecule has 0 aliphatic carbocycles. The van der Waals surface area contributed by atoms with Gasteiger partial charge in [0.2, 0.25) is 0 Å². The number of methoxy groups -OCH3 is 2. The van der Waals surface area contributed by atoms with Crippen molar-refractivity contribution in [2.24, 2.45) is 0 Å². The lowest BCUT2D eigenvalue weighted by Gasteiger charge is -2.09. The number of esters is 2. The van der Waals surface area contributed by atoms with E-state index in [2.05, 4.69) is 14.8 Å². The monoisotopic (exact) mass is 321 g/mol. The van der Waals surface area contributed by atoms with Gasteiger partial charge in [0, 0.05) is 6.42 Å². The summed E-state index contributed by atoms with van der Waals surface area (Å²) in [7, 11) is 2.46. The molecule has 7 nitrogen and oxygen atoms in total. The average Bonchev–Trinajstić information content (AvgIpc) is 2.59. The summed E-state index contributed by atoms with van der Waals surface area (Å²) in [6.07, 6.45) is 0.893. The van der Waals surface area contributed by atoms with Gasteiger partial charge < -0.3 is 14.2 Å². The van der Waals surface area contributed by atoms with Crippen LogP contribution in [0.1, 0.15) is 18.4 Å². The smallest absolute Gasteiger partial charge is 0.412 e. The summed E-state index contributed by atoms with van der Waals surface area (Å²) in [6.45, 7) is 0.0727. The molecule has 0 saturated carbocycles. The molecule has 1 rings (SSSR count). The van der Waals surface area contributed by atoms with Crippen molar-refractivity contribution in [3.8, 4) is 0 Å². The zero-order chi connectivity index (χ0) is 17.1. The third-order valence-corrected chi connectivity index (χ3v) is 2.78. The van der Waals surface area contributed by atoms with Gasteiger partial charge in [-0.15, -0.1) is 0 Å². The first-order valence-corrected chi connectivity index (χ1v) is 6.89. The van der Waals surface area contributed by atoms with E-state index >= 15 is 0 Å². The first kappa shape index (κ1) is 18.2. The Morgan fingerprint density at radius 3 is 2.39 bits per heavy atom. The fourth-order valence-corrected chi connectivity index (χ4v) is 1.60. The van der Waals surface area contributed by atoms with E-state index < -0.39 is 18.0 Å². The van der Waals surface area contributed by atoms with Crippen LogP contribution in [0.2, 0.25) is 0 Å². The molecule has 1 aromatic carbocycles. The number of nitrogens with one attached hydrogen (secondary N) is 1. The Labute approximate surface area is 134 Å². The first-order valence-electron chi connectivity index (χ1n) is 6.89. The molecule has 23 heavy (non-hydrogen) atoms. The average molecular weight is 321 g/mol. The van der Waals surface area contributed by atoms with E-state index in [0.717, 1.165) is 5.56 Å². The zero-order valence-corrected chi connectivity index (χ0v) is 13.0. The van der Waals surface area contributed by atoms with Crippen LogP contribution < -0.4 is 5.32 Å². The number of hydrogen-bond donors (Lipinski definition) is 1. The second-order valence-electron chi connectivity index (χ2n) is 4.41. The Hall–Kier alpha value is -2.83. The topological polar surface area (TPSA) is 90.9 Å². The van der Waals surface area contributed by atoms with Gasteiger partial charge in [0.15, 0.2) is 0 Å².